The van der Waals surface area contributed by atoms with Crippen molar-refractivity contribution in [3.05, 3.63) is 0 Å². The molecule has 1 atom stereocenters. The lowest BCUT2D eigenvalue weighted by molar-refractivity contribution is -0.138. The van der Waals surface area contributed by atoms with Crippen LogP contribution in [-0.2, 0) is 4.79 Å². The lowest BCUT2D eigenvalue weighted by Crippen LogP contribution is -2.32. The standard InChI is InChI=1S/C9H20N2O2/c1-3-11(4-2)7-5-6-8(10)9(12)13/h8H,3-7,10H2,1-2H3,(H,12,13)/t8-/m0/s1. The van der Waals surface area contributed by atoms with Gasteiger partial charge in [0, 0.05) is 0 Å². The van der Waals surface area contributed by atoms with Crippen LogP contribution in [0.5, 0.6) is 0 Å². The third-order valence-corrected chi connectivity index (χ3v) is 2.20. The number of carbonyl (C=O) groups is 1. The number of nitrogens with two attached hydrogens (primary N) is 1. The smallest absolute Gasteiger partial charge is 0.320 e. The Hall–Kier alpha value is -0.610. The second kappa shape index (κ2) is 6.86. The van der Waals surface area contributed by atoms with E-state index in [4.69, 9.17) is 10.8 Å². The monoisotopic (exact) mass is 188 g/mol. The van der Waals surface area contributed by atoms with Gasteiger partial charge in [0.25, 0.3) is 0 Å². The van der Waals surface area contributed by atoms with Crippen molar-refractivity contribution in [2.75, 3.05) is 19.6 Å². The van der Waals surface area contributed by atoms with Crippen LogP contribution in [-0.4, -0.2) is 41.7 Å². The first-order valence-corrected chi connectivity index (χ1v) is 4.82. The molecular weight excluding hydrogens is 168 g/mol. The Kier molecular flexibility index (Phi) is 6.54. The number of hydrogen-bond acceptors (Lipinski definition) is 3. The summed E-state index contributed by atoms with van der Waals surface area (Å²) in [5.41, 5.74) is 5.37. The number of rotatable bonds is 7. The molecular formula is C9H20N2O2. The van der Waals surface area contributed by atoms with E-state index in [1.54, 1.807) is 0 Å². The van der Waals surface area contributed by atoms with Crippen molar-refractivity contribution in [2.24, 2.45) is 5.73 Å². The van der Waals surface area contributed by atoms with Crippen LogP contribution in [0.15, 0.2) is 0 Å². The third kappa shape index (κ3) is 5.60. The van der Waals surface area contributed by atoms with Crippen molar-refractivity contribution in [3.8, 4) is 0 Å². The Balaban J connectivity index is 3.48. The number of nitrogens with zero attached hydrogens (tertiary/aromatic N) is 1. The van der Waals surface area contributed by atoms with Gasteiger partial charge in [-0.15, -0.1) is 0 Å². The van der Waals surface area contributed by atoms with Gasteiger partial charge in [-0.3, -0.25) is 4.79 Å². The van der Waals surface area contributed by atoms with Crippen molar-refractivity contribution in [2.45, 2.75) is 32.7 Å². The van der Waals surface area contributed by atoms with Crippen molar-refractivity contribution >= 4 is 5.97 Å². The fourth-order valence-electron chi connectivity index (χ4n) is 1.20. The first kappa shape index (κ1) is 12.4. The molecule has 0 aromatic carbocycles. The highest BCUT2D eigenvalue weighted by Crippen LogP contribution is 1.98. The summed E-state index contributed by atoms with van der Waals surface area (Å²) in [6.45, 7) is 7.16. The number of hydrogen-bond donors (Lipinski definition) is 2. The molecule has 0 radical (unpaired) electrons. The lowest BCUT2D eigenvalue weighted by Gasteiger charge is -2.18. The first-order chi connectivity index (χ1) is 6.11. The summed E-state index contributed by atoms with van der Waals surface area (Å²) in [5, 5.41) is 8.52. The van der Waals surface area contributed by atoms with E-state index in [-0.39, 0.29) is 0 Å². The fraction of sp³-hybridized carbons (Fsp3) is 0.889. The molecule has 0 unspecified atom stereocenters. The molecule has 0 aliphatic heterocycles. The van der Waals surface area contributed by atoms with Crippen LogP contribution in [0.1, 0.15) is 26.7 Å². The molecule has 0 fully saturated rings. The predicted octanol–water partition coefficient (Wildman–Crippen LogP) is 0.520. The Bertz CT molecular complexity index is 147. The van der Waals surface area contributed by atoms with Gasteiger partial charge in [-0.2, -0.15) is 0 Å². The predicted molar refractivity (Wildman–Crippen MR) is 52.6 cm³/mol. The third-order valence-electron chi connectivity index (χ3n) is 2.20. The summed E-state index contributed by atoms with van der Waals surface area (Å²) in [7, 11) is 0. The summed E-state index contributed by atoms with van der Waals surface area (Å²) in [4.78, 5) is 12.6. The van der Waals surface area contributed by atoms with Crippen molar-refractivity contribution in [1.82, 2.24) is 4.90 Å². The second-order valence-electron chi connectivity index (χ2n) is 3.11. The summed E-state index contributed by atoms with van der Waals surface area (Å²) >= 11 is 0. The normalized spacial score (nSPS) is 13.2. The summed E-state index contributed by atoms with van der Waals surface area (Å²) in [6, 6.07) is -0.699. The molecule has 0 aliphatic carbocycles. The van der Waals surface area contributed by atoms with E-state index in [1.165, 1.54) is 0 Å². The van der Waals surface area contributed by atoms with Gasteiger partial charge >= 0.3 is 5.97 Å². The fourth-order valence-corrected chi connectivity index (χ4v) is 1.20. The van der Waals surface area contributed by atoms with Gasteiger partial charge in [-0.25, -0.2) is 0 Å². The molecule has 0 spiro atoms. The Morgan fingerprint density at radius 3 is 2.38 bits per heavy atom. The number of carboxylic acid groups (broad SMARTS) is 1. The molecule has 78 valence electrons. The van der Waals surface area contributed by atoms with Crippen molar-refractivity contribution in [3.63, 3.8) is 0 Å². The average Bonchev–Trinajstić information content (AvgIpc) is 2.12. The van der Waals surface area contributed by atoms with E-state index < -0.39 is 12.0 Å². The molecule has 13 heavy (non-hydrogen) atoms. The molecule has 4 heteroatoms. The molecule has 0 aromatic heterocycles. The molecule has 0 saturated heterocycles. The van der Waals surface area contributed by atoms with Crippen LogP contribution < -0.4 is 5.73 Å². The largest absolute Gasteiger partial charge is 0.480 e. The first-order valence-electron chi connectivity index (χ1n) is 4.82. The zero-order valence-electron chi connectivity index (χ0n) is 8.49. The lowest BCUT2D eigenvalue weighted by atomic mass is 10.1. The molecule has 0 rings (SSSR count). The van der Waals surface area contributed by atoms with Crippen molar-refractivity contribution in [1.29, 1.82) is 0 Å². The Labute approximate surface area is 79.7 Å². The van der Waals surface area contributed by atoms with E-state index in [0.29, 0.717) is 6.42 Å². The van der Waals surface area contributed by atoms with E-state index in [0.717, 1.165) is 26.1 Å². The minimum atomic E-state index is -0.903. The maximum atomic E-state index is 10.4. The van der Waals surface area contributed by atoms with Crippen LogP contribution in [0.4, 0.5) is 0 Å². The highest BCUT2D eigenvalue weighted by atomic mass is 16.4. The maximum Gasteiger partial charge on any atom is 0.320 e. The minimum Gasteiger partial charge on any atom is -0.480 e. The van der Waals surface area contributed by atoms with Gasteiger partial charge in [0.05, 0.1) is 0 Å². The summed E-state index contributed by atoms with van der Waals surface area (Å²) < 4.78 is 0. The van der Waals surface area contributed by atoms with Crippen molar-refractivity contribution < 1.29 is 9.90 Å². The average molecular weight is 188 g/mol. The molecule has 0 aliphatic rings. The molecule has 0 amide bonds. The van der Waals surface area contributed by atoms with Crippen LogP contribution >= 0.6 is 0 Å². The van der Waals surface area contributed by atoms with Gasteiger partial charge in [-0.05, 0) is 32.5 Å². The quantitative estimate of drug-likeness (QED) is 0.611. The van der Waals surface area contributed by atoms with Crippen LogP contribution in [0.3, 0.4) is 0 Å². The van der Waals surface area contributed by atoms with Gasteiger partial charge in [-0.1, -0.05) is 13.8 Å². The van der Waals surface area contributed by atoms with E-state index in [1.807, 2.05) is 0 Å². The summed E-state index contributed by atoms with van der Waals surface area (Å²) in [5.74, 6) is -0.903. The number of aliphatic carboxylic acids is 1. The second-order valence-corrected chi connectivity index (χ2v) is 3.11. The van der Waals surface area contributed by atoms with E-state index in [9.17, 15) is 4.79 Å². The molecule has 0 bridgehead atoms. The van der Waals surface area contributed by atoms with Gasteiger partial charge < -0.3 is 15.7 Å². The Morgan fingerprint density at radius 1 is 1.46 bits per heavy atom. The molecule has 4 nitrogen and oxygen atoms in total. The van der Waals surface area contributed by atoms with E-state index in [2.05, 4.69) is 18.7 Å². The zero-order chi connectivity index (χ0) is 10.3. The Morgan fingerprint density at radius 2 is 2.00 bits per heavy atom. The highest BCUT2D eigenvalue weighted by Gasteiger charge is 2.10. The van der Waals surface area contributed by atoms with Crippen LogP contribution in [0, 0.1) is 0 Å². The summed E-state index contributed by atoms with van der Waals surface area (Å²) in [6.07, 6.45) is 1.42. The zero-order valence-corrected chi connectivity index (χ0v) is 8.49. The van der Waals surface area contributed by atoms with Gasteiger partial charge in [0.15, 0.2) is 0 Å². The van der Waals surface area contributed by atoms with Gasteiger partial charge in [0.1, 0.15) is 6.04 Å². The number of carboxylic acids is 1. The molecule has 0 saturated carbocycles. The van der Waals surface area contributed by atoms with Crippen LogP contribution in [0.2, 0.25) is 0 Å². The highest BCUT2D eigenvalue weighted by molar-refractivity contribution is 5.72. The minimum absolute atomic E-state index is 0.561. The van der Waals surface area contributed by atoms with E-state index >= 15 is 0 Å². The topological polar surface area (TPSA) is 66.6 Å². The SMILES string of the molecule is CCN(CC)CCC[C@H](N)C(=O)O. The molecule has 3 N–H and O–H groups in total. The molecule has 0 heterocycles. The van der Waals surface area contributed by atoms with Gasteiger partial charge in [0.2, 0.25) is 0 Å². The molecule has 0 aromatic rings. The van der Waals surface area contributed by atoms with Crippen LogP contribution in [0.25, 0.3) is 0 Å². The maximum absolute atomic E-state index is 10.4.